The highest BCUT2D eigenvalue weighted by molar-refractivity contribution is 5.76. The summed E-state index contributed by atoms with van der Waals surface area (Å²) in [6.07, 6.45) is 9.26. The van der Waals surface area contributed by atoms with Crippen molar-refractivity contribution in [3.05, 3.63) is 47.0 Å². The topological polar surface area (TPSA) is 41.1 Å². The Morgan fingerprint density at radius 1 is 1.18 bits per heavy atom. The second-order valence-electron chi connectivity index (χ2n) is 6.06. The summed E-state index contributed by atoms with van der Waals surface area (Å²) in [5.41, 5.74) is 4.00. The van der Waals surface area contributed by atoms with Crippen molar-refractivity contribution >= 4 is 5.91 Å². The second-order valence-corrected chi connectivity index (χ2v) is 6.06. The number of carbonyl (C=O) groups is 1. The second kappa shape index (κ2) is 9.42. The maximum absolute atomic E-state index is 11.8. The van der Waals surface area contributed by atoms with E-state index >= 15 is 0 Å². The van der Waals surface area contributed by atoms with Crippen LogP contribution in [0.25, 0.3) is 0 Å². The lowest BCUT2D eigenvalue weighted by Crippen LogP contribution is -2.28. The average Bonchev–Trinajstić information content (AvgIpc) is 2.55. The first-order chi connectivity index (χ1) is 10.8. The highest BCUT2D eigenvalue weighted by Gasteiger charge is 2.04. The summed E-state index contributed by atoms with van der Waals surface area (Å²) in [6, 6.07) is 8.16. The minimum atomic E-state index is 0.118. The molecule has 0 radical (unpaired) electrons. The zero-order valence-corrected chi connectivity index (χ0v) is 13.7. The third-order valence-electron chi connectivity index (χ3n) is 4.27. The van der Waals surface area contributed by atoms with Crippen LogP contribution >= 0.6 is 0 Å². The minimum absolute atomic E-state index is 0.118. The van der Waals surface area contributed by atoms with Crippen LogP contribution in [0.3, 0.4) is 0 Å². The van der Waals surface area contributed by atoms with Gasteiger partial charge < -0.3 is 10.6 Å². The zero-order valence-electron chi connectivity index (χ0n) is 13.7. The number of hydrogen-bond acceptors (Lipinski definition) is 2. The van der Waals surface area contributed by atoms with Crippen molar-refractivity contribution in [2.45, 2.75) is 52.0 Å². The first-order valence-electron chi connectivity index (χ1n) is 8.45. The Morgan fingerprint density at radius 3 is 2.82 bits per heavy atom. The molecular weight excluding hydrogens is 272 g/mol. The maximum atomic E-state index is 11.8. The highest BCUT2D eigenvalue weighted by Crippen LogP contribution is 2.19. The van der Waals surface area contributed by atoms with Gasteiger partial charge in [-0.2, -0.15) is 0 Å². The SMILES string of the molecule is Cc1ccccc1CNC(=O)CCNCCC1=CCCCC1. The molecule has 1 aromatic carbocycles. The van der Waals surface area contributed by atoms with Crippen molar-refractivity contribution in [3.8, 4) is 0 Å². The van der Waals surface area contributed by atoms with E-state index in [1.54, 1.807) is 5.57 Å². The fraction of sp³-hybridized carbons (Fsp3) is 0.526. The molecule has 1 aromatic rings. The van der Waals surface area contributed by atoms with E-state index in [2.05, 4.69) is 35.8 Å². The van der Waals surface area contributed by atoms with Crippen molar-refractivity contribution in [3.63, 3.8) is 0 Å². The molecule has 22 heavy (non-hydrogen) atoms. The van der Waals surface area contributed by atoms with Crippen LogP contribution in [0, 0.1) is 6.92 Å². The monoisotopic (exact) mass is 300 g/mol. The first-order valence-corrected chi connectivity index (χ1v) is 8.45. The lowest BCUT2D eigenvalue weighted by molar-refractivity contribution is -0.121. The Hall–Kier alpha value is -1.61. The quantitative estimate of drug-likeness (QED) is 0.570. The molecule has 0 spiro atoms. The third-order valence-corrected chi connectivity index (χ3v) is 4.27. The molecule has 3 nitrogen and oxygen atoms in total. The van der Waals surface area contributed by atoms with Crippen LogP contribution in [0.15, 0.2) is 35.9 Å². The Labute approximate surface area is 134 Å². The van der Waals surface area contributed by atoms with Gasteiger partial charge >= 0.3 is 0 Å². The molecule has 0 aromatic heterocycles. The van der Waals surface area contributed by atoms with Crippen molar-refractivity contribution in [1.82, 2.24) is 10.6 Å². The van der Waals surface area contributed by atoms with E-state index in [9.17, 15) is 4.79 Å². The van der Waals surface area contributed by atoms with Crippen molar-refractivity contribution < 1.29 is 4.79 Å². The number of carbonyl (C=O) groups excluding carboxylic acids is 1. The van der Waals surface area contributed by atoms with Gasteiger partial charge in [-0.1, -0.05) is 35.9 Å². The summed E-state index contributed by atoms with van der Waals surface area (Å²) in [7, 11) is 0. The lowest BCUT2D eigenvalue weighted by Gasteiger charge is -2.13. The molecule has 0 heterocycles. The third kappa shape index (κ3) is 6.02. The molecule has 0 bridgehead atoms. The molecule has 0 unspecified atom stereocenters. The largest absolute Gasteiger partial charge is 0.352 e. The standard InChI is InChI=1S/C19H28N2O/c1-16-7-5-6-10-18(16)15-21-19(22)12-14-20-13-11-17-8-3-2-4-9-17/h5-8,10,20H,2-4,9,11-15H2,1H3,(H,21,22). The number of nitrogens with one attached hydrogen (secondary N) is 2. The van der Waals surface area contributed by atoms with Crippen LogP contribution < -0.4 is 10.6 Å². The van der Waals surface area contributed by atoms with E-state index < -0.39 is 0 Å². The van der Waals surface area contributed by atoms with Gasteiger partial charge in [0, 0.05) is 19.5 Å². The number of rotatable bonds is 8. The van der Waals surface area contributed by atoms with Gasteiger partial charge in [0.05, 0.1) is 0 Å². The van der Waals surface area contributed by atoms with E-state index in [1.807, 2.05) is 12.1 Å². The highest BCUT2D eigenvalue weighted by atomic mass is 16.1. The molecule has 1 aliphatic rings. The van der Waals surface area contributed by atoms with Crippen molar-refractivity contribution in [2.75, 3.05) is 13.1 Å². The summed E-state index contributed by atoms with van der Waals surface area (Å²) in [6.45, 7) is 4.44. The van der Waals surface area contributed by atoms with Crippen LogP contribution in [0.2, 0.25) is 0 Å². The molecular formula is C19H28N2O. The first kappa shape index (κ1) is 16.8. The fourth-order valence-electron chi connectivity index (χ4n) is 2.80. The van der Waals surface area contributed by atoms with Crippen LogP contribution in [0.5, 0.6) is 0 Å². The summed E-state index contributed by atoms with van der Waals surface area (Å²) >= 11 is 0. The van der Waals surface area contributed by atoms with Gasteiger partial charge in [0.25, 0.3) is 0 Å². The molecule has 0 saturated carbocycles. The summed E-state index contributed by atoms with van der Waals surface area (Å²) in [5, 5.41) is 6.36. The van der Waals surface area contributed by atoms with Gasteiger partial charge in [-0.3, -0.25) is 4.79 Å². The zero-order chi connectivity index (χ0) is 15.6. The van der Waals surface area contributed by atoms with Crippen molar-refractivity contribution in [2.24, 2.45) is 0 Å². The molecule has 0 atom stereocenters. The number of allylic oxidation sites excluding steroid dienone is 1. The number of benzene rings is 1. The Balaban J connectivity index is 1.54. The summed E-state index contributed by atoms with van der Waals surface area (Å²) in [5.74, 6) is 0.118. The predicted molar refractivity (Wildman–Crippen MR) is 91.7 cm³/mol. The molecule has 3 heteroatoms. The van der Waals surface area contributed by atoms with Crippen LogP contribution in [-0.4, -0.2) is 19.0 Å². The lowest BCUT2D eigenvalue weighted by atomic mass is 9.97. The normalized spacial score (nSPS) is 14.5. The molecule has 2 N–H and O–H groups in total. The smallest absolute Gasteiger partial charge is 0.221 e. The van der Waals surface area contributed by atoms with E-state index in [1.165, 1.54) is 36.8 Å². The van der Waals surface area contributed by atoms with E-state index in [4.69, 9.17) is 0 Å². The summed E-state index contributed by atoms with van der Waals surface area (Å²) in [4.78, 5) is 11.8. The average molecular weight is 300 g/mol. The Morgan fingerprint density at radius 2 is 2.05 bits per heavy atom. The molecule has 0 aliphatic heterocycles. The van der Waals surface area contributed by atoms with Gasteiger partial charge in [-0.15, -0.1) is 0 Å². The van der Waals surface area contributed by atoms with Gasteiger partial charge in [0.15, 0.2) is 0 Å². The molecule has 0 saturated heterocycles. The van der Waals surface area contributed by atoms with Crippen LogP contribution in [0.1, 0.15) is 49.7 Å². The van der Waals surface area contributed by atoms with Crippen LogP contribution in [0.4, 0.5) is 0 Å². The molecule has 0 fully saturated rings. The maximum Gasteiger partial charge on any atom is 0.221 e. The van der Waals surface area contributed by atoms with Gasteiger partial charge in [0.2, 0.25) is 5.91 Å². The van der Waals surface area contributed by atoms with Gasteiger partial charge in [0.1, 0.15) is 0 Å². The molecule has 2 rings (SSSR count). The molecule has 120 valence electrons. The van der Waals surface area contributed by atoms with E-state index in [0.29, 0.717) is 13.0 Å². The van der Waals surface area contributed by atoms with Crippen LogP contribution in [-0.2, 0) is 11.3 Å². The van der Waals surface area contributed by atoms with E-state index in [-0.39, 0.29) is 5.91 Å². The minimum Gasteiger partial charge on any atom is -0.352 e. The molecule has 1 aliphatic carbocycles. The number of aryl methyl sites for hydroxylation is 1. The predicted octanol–water partition coefficient (Wildman–Crippen LogP) is 3.48. The number of hydrogen-bond donors (Lipinski definition) is 2. The Bertz CT molecular complexity index is 508. The Kier molecular flexibility index (Phi) is 7.17. The van der Waals surface area contributed by atoms with Gasteiger partial charge in [-0.25, -0.2) is 0 Å². The number of amides is 1. The van der Waals surface area contributed by atoms with E-state index in [0.717, 1.165) is 19.5 Å². The summed E-state index contributed by atoms with van der Waals surface area (Å²) < 4.78 is 0. The van der Waals surface area contributed by atoms with Gasteiger partial charge in [-0.05, 0) is 56.7 Å². The molecule has 1 amide bonds. The fourth-order valence-corrected chi connectivity index (χ4v) is 2.80. The van der Waals surface area contributed by atoms with Crippen molar-refractivity contribution in [1.29, 1.82) is 0 Å².